The van der Waals surface area contributed by atoms with Gasteiger partial charge in [-0.15, -0.1) is 11.3 Å². The fourth-order valence-electron chi connectivity index (χ4n) is 1.33. The largest absolute Gasteiger partial charge is 0.337 e. The standard InChI is InChI=1S/C11H15BrClNOS/c1-4-14(10(15)11(2,3)12)7-8-5-6-9(13)16-8/h5-6H,4,7H2,1-3H3. The molecule has 2 nitrogen and oxygen atoms in total. The number of halogens is 2. The minimum absolute atomic E-state index is 0.0968. The fraction of sp³-hybridized carbons (Fsp3) is 0.545. The van der Waals surface area contributed by atoms with Gasteiger partial charge < -0.3 is 4.90 Å². The molecule has 1 heterocycles. The zero-order chi connectivity index (χ0) is 12.3. The highest BCUT2D eigenvalue weighted by Crippen LogP contribution is 2.25. The number of carbonyl (C=O) groups is 1. The predicted octanol–water partition coefficient (Wildman–Crippen LogP) is 3.92. The summed E-state index contributed by atoms with van der Waals surface area (Å²) in [5.41, 5.74) is 0. The topological polar surface area (TPSA) is 20.3 Å². The van der Waals surface area contributed by atoms with E-state index in [-0.39, 0.29) is 5.91 Å². The second kappa shape index (κ2) is 5.52. The lowest BCUT2D eigenvalue weighted by Crippen LogP contribution is -2.40. The molecule has 0 aliphatic rings. The molecule has 0 N–H and O–H groups in total. The first-order chi connectivity index (χ1) is 7.34. The van der Waals surface area contributed by atoms with Crippen LogP contribution < -0.4 is 0 Å². The number of carbonyl (C=O) groups excluding carboxylic acids is 1. The summed E-state index contributed by atoms with van der Waals surface area (Å²) in [5.74, 6) is 0.0968. The fourth-order valence-corrected chi connectivity index (χ4v) is 2.68. The minimum atomic E-state index is -0.510. The van der Waals surface area contributed by atoms with Crippen LogP contribution in [-0.4, -0.2) is 21.7 Å². The van der Waals surface area contributed by atoms with Crippen molar-refractivity contribution in [2.24, 2.45) is 0 Å². The summed E-state index contributed by atoms with van der Waals surface area (Å²) < 4.78 is 0.251. The van der Waals surface area contributed by atoms with E-state index in [0.717, 1.165) is 9.21 Å². The molecule has 0 atom stereocenters. The van der Waals surface area contributed by atoms with Crippen molar-refractivity contribution < 1.29 is 4.79 Å². The van der Waals surface area contributed by atoms with Gasteiger partial charge in [0.1, 0.15) is 0 Å². The summed E-state index contributed by atoms with van der Waals surface area (Å²) in [7, 11) is 0. The number of hydrogen-bond donors (Lipinski definition) is 0. The first-order valence-corrected chi connectivity index (χ1v) is 7.06. The molecule has 1 amide bonds. The highest BCUT2D eigenvalue weighted by atomic mass is 79.9. The van der Waals surface area contributed by atoms with Crippen LogP contribution in [0.4, 0.5) is 0 Å². The quantitative estimate of drug-likeness (QED) is 0.769. The van der Waals surface area contributed by atoms with Crippen molar-refractivity contribution >= 4 is 44.8 Å². The van der Waals surface area contributed by atoms with Gasteiger partial charge in [0.2, 0.25) is 5.91 Å². The van der Waals surface area contributed by atoms with Crippen molar-refractivity contribution in [3.8, 4) is 0 Å². The van der Waals surface area contributed by atoms with Crippen molar-refractivity contribution in [1.82, 2.24) is 4.90 Å². The van der Waals surface area contributed by atoms with Crippen LogP contribution >= 0.6 is 38.9 Å². The molecule has 0 aliphatic carbocycles. The van der Waals surface area contributed by atoms with E-state index >= 15 is 0 Å². The van der Waals surface area contributed by atoms with E-state index in [0.29, 0.717) is 13.1 Å². The molecule has 5 heteroatoms. The predicted molar refractivity (Wildman–Crippen MR) is 73.4 cm³/mol. The van der Waals surface area contributed by atoms with Gasteiger partial charge in [0.05, 0.1) is 15.2 Å². The zero-order valence-corrected chi connectivity index (χ0v) is 12.7. The second-order valence-corrected chi connectivity index (χ2v) is 7.78. The van der Waals surface area contributed by atoms with Crippen LogP contribution in [0.3, 0.4) is 0 Å². The number of alkyl halides is 1. The average molecular weight is 325 g/mol. The monoisotopic (exact) mass is 323 g/mol. The SMILES string of the molecule is CCN(Cc1ccc(Cl)s1)C(=O)C(C)(C)Br. The van der Waals surface area contributed by atoms with E-state index in [1.807, 2.05) is 37.8 Å². The van der Waals surface area contributed by atoms with E-state index in [2.05, 4.69) is 15.9 Å². The van der Waals surface area contributed by atoms with Gasteiger partial charge in [-0.1, -0.05) is 27.5 Å². The van der Waals surface area contributed by atoms with Gasteiger partial charge in [-0.05, 0) is 32.9 Å². The van der Waals surface area contributed by atoms with Crippen molar-refractivity contribution in [2.45, 2.75) is 31.6 Å². The normalized spacial score (nSPS) is 11.6. The molecule has 0 unspecified atom stereocenters. The van der Waals surface area contributed by atoms with Crippen molar-refractivity contribution in [3.63, 3.8) is 0 Å². The lowest BCUT2D eigenvalue weighted by atomic mass is 10.2. The summed E-state index contributed by atoms with van der Waals surface area (Å²) in [4.78, 5) is 15.0. The third-order valence-electron chi connectivity index (χ3n) is 2.15. The molecule has 16 heavy (non-hydrogen) atoms. The van der Waals surface area contributed by atoms with Crippen molar-refractivity contribution in [2.75, 3.05) is 6.54 Å². The zero-order valence-electron chi connectivity index (χ0n) is 9.59. The van der Waals surface area contributed by atoms with Gasteiger partial charge in [-0.3, -0.25) is 4.79 Å². The molecule has 1 rings (SSSR count). The Morgan fingerprint density at radius 1 is 1.56 bits per heavy atom. The second-order valence-electron chi connectivity index (χ2n) is 4.00. The summed E-state index contributed by atoms with van der Waals surface area (Å²) >= 11 is 10.8. The minimum Gasteiger partial charge on any atom is -0.337 e. The maximum Gasteiger partial charge on any atom is 0.239 e. The smallest absolute Gasteiger partial charge is 0.239 e. The van der Waals surface area contributed by atoms with Crippen LogP contribution in [0, 0.1) is 0 Å². The van der Waals surface area contributed by atoms with Gasteiger partial charge in [0, 0.05) is 11.4 Å². The van der Waals surface area contributed by atoms with Crippen LogP contribution in [0.2, 0.25) is 4.34 Å². The molecule has 0 saturated heterocycles. The molecule has 90 valence electrons. The van der Waals surface area contributed by atoms with Crippen molar-refractivity contribution in [3.05, 3.63) is 21.3 Å². The summed E-state index contributed by atoms with van der Waals surface area (Å²) in [6.45, 7) is 7.02. The molecule has 1 aromatic rings. The third kappa shape index (κ3) is 3.75. The first kappa shape index (κ1) is 14.0. The molecule has 0 aromatic carbocycles. The summed E-state index contributed by atoms with van der Waals surface area (Å²) in [5, 5.41) is 0. The van der Waals surface area contributed by atoms with Crippen LogP contribution in [0.5, 0.6) is 0 Å². The molecule has 0 fully saturated rings. The maximum absolute atomic E-state index is 12.1. The molecular weight excluding hydrogens is 310 g/mol. The molecule has 1 aromatic heterocycles. The van der Waals surface area contributed by atoms with Crippen LogP contribution in [0.1, 0.15) is 25.6 Å². The Bertz CT molecular complexity index is 372. The summed E-state index contributed by atoms with van der Waals surface area (Å²) in [6, 6.07) is 3.82. The number of thiophene rings is 1. The maximum atomic E-state index is 12.1. The molecule has 0 radical (unpaired) electrons. The van der Waals surface area contributed by atoms with E-state index in [1.54, 1.807) is 0 Å². The van der Waals surface area contributed by atoms with Gasteiger partial charge in [0.25, 0.3) is 0 Å². The van der Waals surface area contributed by atoms with Gasteiger partial charge in [-0.25, -0.2) is 0 Å². The molecule has 0 spiro atoms. The molecule has 0 bridgehead atoms. The Labute approximate surface area is 114 Å². The average Bonchev–Trinajstić information content (AvgIpc) is 2.58. The highest BCUT2D eigenvalue weighted by Gasteiger charge is 2.28. The Hall–Kier alpha value is -0.0600. The molecule has 0 aliphatic heterocycles. The Balaban J connectivity index is 2.73. The highest BCUT2D eigenvalue weighted by molar-refractivity contribution is 9.10. The Kier molecular flexibility index (Phi) is 4.83. The lowest BCUT2D eigenvalue weighted by molar-refractivity contribution is -0.133. The van der Waals surface area contributed by atoms with Crippen LogP contribution in [0.25, 0.3) is 0 Å². The van der Waals surface area contributed by atoms with Gasteiger partial charge >= 0.3 is 0 Å². The van der Waals surface area contributed by atoms with Crippen LogP contribution in [-0.2, 0) is 11.3 Å². The molecular formula is C11H15BrClNOS. The number of rotatable bonds is 4. The van der Waals surface area contributed by atoms with E-state index < -0.39 is 4.32 Å². The van der Waals surface area contributed by atoms with Gasteiger partial charge in [0.15, 0.2) is 0 Å². The number of amides is 1. The Morgan fingerprint density at radius 3 is 2.56 bits per heavy atom. The van der Waals surface area contributed by atoms with Crippen molar-refractivity contribution in [1.29, 1.82) is 0 Å². The lowest BCUT2D eigenvalue weighted by Gasteiger charge is -2.26. The van der Waals surface area contributed by atoms with E-state index in [9.17, 15) is 4.79 Å². The van der Waals surface area contributed by atoms with E-state index in [4.69, 9.17) is 11.6 Å². The van der Waals surface area contributed by atoms with E-state index in [1.165, 1.54) is 11.3 Å². The van der Waals surface area contributed by atoms with Crippen LogP contribution in [0.15, 0.2) is 12.1 Å². The number of nitrogens with zero attached hydrogens (tertiary/aromatic N) is 1. The molecule has 0 saturated carbocycles. The first-order valence-electron chi connectivity index (χ1n) is 5.07. The summed E-state index contributed by atoms with van der Waals surface area (Å²) in [6.07, 6.45) is 0. The number of hydrogen-bond acceptors (Lipinski definition) is 2. The van der Waals surface area contributed by atoms with Gasteiger partial charge in [-0.2, -0.15) is 0 Å². The Morgan fingerprint density at radius 2 is 2.19 bits per heavy atom. The third-order valence-corrected chi connectivity index (χ3v) is 3.71.